The summed E-state index contributed by atoms with van der Waals surface area (Å²) in [5, 5.41) is 0. The third-order valence-corrected chi connectivity index (χ3v) is 4.19. The van der Waals surface area contributed by atoms with Gasteiger partial charge in [0, 0.05) is 19.5 Å². The largest absolute Gasteiger partial charge is 0.369 e. The van der Waals surface area contributed by atoms with E-state index in [0.717, 1.165) is 58.3 Å². The van der Waals surface area contributed by atoms with Crippen molar-refractivity contribution in [3.63, 3.8) is 0 Å². The lowest BCUT2D eigenvalue weighted by atomic mass is 9.92. The van der Waals surface area contributed by atoms with Gasteiger partial charge in [-0.2, -0.15) is 0 Å². The normalized spacial score (nSPS) is 16.9. The lowest BCUT2D eigenvalue weighted by Crippen LogP contribution is -2.40. The minimum atomic E-state index is -0.251. The van der Waals surface area contributed by atoms with Crippen molar-refractivity contribution in [1.82, 2.24) is 9.80 Å². The van der Waals surface area contributed by atoms with E-state index in [1.807, 2.05) is 4.90 Å². The zero-order chi connectivity index (χ0) is 15.7. The molecule has 2 N–H and O–H groups in total. The first-order chi connectivity index (χ1) is 10.1. The Morgan fingerprint density at radius 1 is 1.14 bits per heavy atom. The van der Waals surface area contributed by atoms with Gasteiger partial charge in [-0.25, -0.2) is 0 Å². The fourth-order valence-corrected chi connectivity index (χ4v) is 3.04. The molecular formula is C16H31N3O2. The van der Waals surface area contributed by atoms with Crippen molar-refractivity contribution in [1.29, 1.82) is 0 Å². The van der Waals surface area contributed by atoms with Gasteiger partial charge >= 0.3 is 0 Å². The summed E-state index contributed by atoms with van der Waals surface area (Å²) in [6, 6.07) is 0. The fraction of sp³-hybridized carbons (Fsp3) is 0.875. The Bertz CT molecular complexity index is 319. The Hall–Kier alpha value is -1.10. The molecule has 0 spiro atoms. The van der Waals surface area contributed by atoms with E-state index in [9.17, 15) is 9.59 Å². The summed E-state index contributed by atoms with van der Waals surface area (Å²) in [6.45, 7) is 8.21. The number of hydrogen-bond donors (Lipinski definition) is 1. The molecule has 0 radical (unpaired) electrons. The summed E-state index contributed by atoms with van der Waals surface area (Å²) >= 11 is 0. The van der Waals surface area contributed by atoms with Crippen LogP contribution in [0.25, 0.3) is 0 Å². The van der Waals surface area contributed by atoms with Gasteiger partial charge in [0.05, 0.1) is 6.54 Å². The summed E-state index contributed by atoms with van der Waals surface area (Å²) in [4.78, 5) is 27.2. The summed E-state index contributed by atoms with van der Waals surface area (Å²) < 4.78 is 0. The summed E-state index contributed by atoms with van der Waals surface area (Å²) in [6.07, 6.45) is 5.84. The van der Waals surface area contributed by atoms with Gasteiger partial charge in [0.15, 0.2) is 0 Å². The highest BCUT2D eigenvalue weighted by atomic mass is 16.2. The number of primary amides is 1. The van der Waals surface area contributed by atoms with Crippen molar-refractivity contribution in [2.45, 2.75) is 52.4 Å². The van der Waals surface area contributed by atoms with Crippen LogP contribution in [-0.2, 0) is 9.59 Å². The van der Waals surface area contributed by atoms with E-state index in [1.165, 1.54) is 0 Å². The molecule has 0 atom stereocenters. The summed E-state index contributed by atoms with van der Waals surface area (Å²) in [5.74, 6) is 0.667. The topological polar surface area (TPSA) is 66.6 Å². The van der Waals surface area contributed by atoms with Gasteiger partial charge in [-0.15, -0.1) is 0 Å². The van der Waals surface area contributed by atoms with E-state index in [4.69, 9.17) is 5.73 Å². The maximum Gasteiger partial charge on any atom is 0.231 e. The smallest absolute Gasteiger partial charge is 0.231 e. The molecule has 5 heteroatoms. The number of nitrogens with zero attached hydrogens (tertiary/aromatic N) is 2. The van der Waals surface area contributed by atoms with Crippen molar-refractivity contribution in [3.05, 3.63) is 0 Å². The average molecular weight is 297 g/mol. The van der Waals surface area contributed by atoms with Gasteiger partial charge in [-0.3, -0.25) is 14.5 Å². The Balaban J connectivity index is 2.26. The second-order valence-corrected chi connectivity index (χ2v) is 6.11. The van der Waals surface area contributed by atoms with Crippen LogP contribution < -0.4 is 5.73 Å². The molecule has 1 heterocycles. The van der Waals surface area contributed by atoms with Gasteiger partial charge in [0.25, 0.3) is 0 Å². The van der Waals surface area contributed by atoms with Crippen molar-refractivity contribution >= 4 is 11.8 Å². The van der Waals surface area contributed by atoms with Crippen LogP contribution in [-0.4, -0.2) is 54.3 Å². The molecule has 2 amide bonds. The second-order valence-electron chi connectivity index (χ2n) is 6.11. The van der Waals surface area contributed by atoms with Crippen LogP contribution in [0.1, 0.15) is 52.4 Å². The molecule has 1 aliphatic heterocycles. The number of piperidine rings is 1. The van der Waals surface area contributed by atoms with E-state index in [1.54, 1.807) is 0 Å². The first-order valence-electron chi connectivity index (χ1n) is 8.35. The third-order valence-electron chi connectivity index (χ3n) is 4.19. The molecular weight excluding hydrogens is 266 g/mol. The monoisotopic (exact) mass is 297 g/mol. The van der Waals surface area contributed by atoms with E-state index in [0.29, 0.717) is 24.8 Å². The number of carbonyl (C=O) groups is 2. The second kappa shape index (κ2) is 9.77. The van der Waals surface area contributed by atoms with Crippen molar-refractivity contribution in [3.8, 4) is 0 Å². The van der Waals surface area contributed by atoms with Gasteiger partial charge < -0.3 is 10.6 Å². The van der Waals surface area contributed by atoms with Crippen LogP contribution in [0, 0.1) is 5.92 Å². The maximum absolute atomic E-state index is 12.2. The highest BCUT2D eigenvalue weighted by molar-refractivity contribution is 5.76. The van der Waals surface area contributed by atoms with Crippen LogP contribution in [0.15, 0.2) is 0 Å². The first kappa shape index (κ1) is 18.0. The zero-order valence-corrected chi connectivity index (χ0v) is 13.6. The molecule has 1 fully saturated rings. The predicted octanol–water partition coefficient (Wildman–Crippen LogP) is 1.61. The molecule has 1 rings (SSSR count). The minimum absolute atomic E-state index is 0.251. The van der Waals surface area contributed by atoms with E-state index >= 15 is 0 Å². The SMILES string of the molecule is CCCN(CCC)C(=O)CCC1CCN(CC(N)=O)CC1. The maximum atomic E-state index is 12.2. The number of amides is 2. The van der Waals surface area contributed by atoms with Gasteiger partial charge in [0.2, 0.25) is 11.8 Å². The molecule has 0 aromatic heterocycles. The van der Waals surface area contributed by atoms with E-state index in [2.05, 4.69) is 18.7 Å². The zero-order valence-electron chi connectivity index (χ0n) is 13.6. The average Bonchev–Trinajstić information content (AvgIpc) is 2.45. The van der Waals surface area contributed by atoms with Crippen molar-refractivity contribution < 1.29 is 9.59 Å². The lowest BCUT2D eigenvalue weighted by molar-refractivity contribution is -0.131. The molecule has 1 saturated heterocycles. The van der Waals surface area contributed by atoms with Gasteiger partial charge in [-0.05, 0) is 51.1 Å². The van der Waals surface area contributed by atoms with E-state index < -0.39 is 0 Å². The fourth-order valence-electron chi connectivity index (χ4n) is 3.04. The molecule has 122 valence electrons. The highest BCUT2D eigenvalue weighted by Crippen LogP contribution is 2.22. The van der Waals surface area contributed by atoms with Crippen LogP contribution in [0.4, 0.5) is 0 Å². The molecule has 0 aliphatic carbocycles. The van der Waals surface area contributed by atoms with Crippen molar-refractivity contribution in [2.24, 2.45) is 11.7 Å². The molecule has 0 unspecified atom stereocenters. The number of hydrogen-bond acceptors (Lipinski definition) is 3. The number of likely N-dealkylation sites (tertiary alicyclic amines) is 1. The number of rotatable bonds is 9. The molecule has 0 aromatic rings. The third kappa shape index (κ3) is 6.93. The van der Waals surface area contributed by atoms with Gasteiger partial charge in [-0.1, -0.05) is 13.8 Å². The van der Waals surface area contributed by atoms with Gasteiger partial charge in [0.1, 0.15) is 0 Å². The molecule has 21 heavy (non-hydrogen) atoms. The summed E-state index contributed by atoms with van der Waals surface area (Å²) in [7, 11) is 0. The molecule has 1 aliphatic rings. The number of carbonyl (C=O) groups excluding carboxylic acids is 2. The Morgan fingerprint density at radius 2 is 1.71 bits per heavy atom. The Kier molecular flexibility index (Phi) is 8.35. The first-order valence-corrected chi connectivity index (χ1v) is 8.35. The Labute approximate surface area is 128 Å². The number of nitrogens with two attached hydrogens (primary N) is 1. The van der Waals surface area contributed by atoms with Crippen LogP contribution in [0.2, 0.25) is 0 Å². The molecule has 0 bridgehead atoms. The Morgan fingerprint density at radius 3 is 2.19 bits per heavy atom. The quantitative estimate of drug-likeness (QED) is 0.703. The minimum Gasteiger partial charge on any atom is -0.369 e. The van der Waals surface area contributed by atoms with E-state index in [-0.39, 0.29) is 5.91 Å². The van der Waals surface area contributed by atoms with Crippen LogP contribution in [0.3, 0.4) is 0 Å². The van der Waals surface area contributed by atoms with Crippen molar-refractivity contribution in [2.75, 3.05) is 32.7 Å². The standard InChI is InChI=1S/C16H31N3O2/c1-3-9-19(10-4-2)16(21)6-5-14-7-11-18(12-8-14)13-15(17)20/h14H,3-13H2,1-2H3,(H2,17,20). The van der Waals surface area contributed by atoms with Crippen LogP contribution >= 0.6 is 0 Å². The lowest BCUT2D eigenvalue weighted by Gasteiger charge is -2.31. The summed E-state index contributed by atoms with van der Waals surface area (Å²) in [5.41, 5.74) is 5.22. The van der Waals surface area contributed by atoms with Crippen LogP contribution in [0.5, 0.6) is 0 Å². The predicted molar refractivity (Wildman–Crippen MR) is 84.8 cm³/mol. The molecule has 0 aromatic carbocycles. The molecule has 5 nitrogen and oxygen atoms in total. The molecule has 0 saturated carbocycles. The highest BCUT2D eigenvalue weighted by Gasteiger charge is 2.21.